The van der Waals surface area contributed by atoms with Crippen LogP contribution in [0.25, 0.3) is 5.69 Å². The molecule has 2 N–H and O–H groups in total. The van der Waals surface area contributed by atoms with Gasteiger partial charge in [0, 0.05) is 0 Å². The van der Waals surface area contributed by atoms with Crippen molar-refractivity contribution in [2.24, 2.45) is 0 Å². The van der Waals surface area contributed by atoms with E-state index in [1.165, 1.54) is 28.4 Å². The number of unbranched alkanes of at least 4 members (excludes halogenated alkanes) is 1. The van der Waals surface area contributed by atoms with Gasteiger partial charge in [-0.15, -0.1) is 5.10 Å². The number of tetrazole rings is 1. The van der Waals surface area contributed by atoms with Gasteiger partial charge in [-0.05, 0) is 53.1 Å². The minimum absolute atomic E-state index is 0.0122. The second-order valence-electron chi connectivity index (χ2n) is 6.41. The summed E-state index contributed by atoms with van der Waals surface area (Å²) in [7, 11) is 0. The zero-order valence-electron chi connectivity index (χ0n) is 16.3. The van der Waals surface area contributed by atoms with Crippen molar-refractivity contribution in [2.45, 2.75) is 31.3 Å². The summed E-state index contributed by atoms with van der Waals surface area (Å²) in [5, 5.41) is 16.4. The maximum Gasteiger partial charge on any atom is 0.325 e. The van der Waals surface area contributed by atoms with E-state index in [1.54, 1.807) is 6.07 Å². The van der Waals surface area contributed by atoms with E-state index in [4.69, 9.17) is 0 Å². The Balaban J connectivity index is 1.54. The number of imide groups is 1. The Morgan fingerprint density at radius 1 is 1.13 bits per heavy atom. The van der Waals surface area contributed by atoms with Crippen molar-refractivity contribution in [1.82, 2.24) is 25.5 Å². The van der Waals surface area contributed by atoms with Gasteiger partial charge in [0.05, 0.1) is 17.1 Å². The van der Waals surface area contributed by atoms with Gasteiger partial charge in [-0.3, -0.25) is 10.1 Å². The molecule has 0 saturated heterocycles. The third-order valence-corrected chi connectivity index (χ3v) is 5.07. The minimum atomic E-state index is -0.812. The van der Waals surface area contributed by atoms with Crippen LogP contribution in [0.2, 0.25) is 0 Å². The average molecular weight is 428 g/mol. The molecule has 0 atom stereocenters. The summed E-state index contributed by atoms with van der Waals surface area (Å²) in [5.41, 5.74) is 2.00. The fraction of sp³-hybridized carbons (Fsp3) is 0.250. The van der Waals surface area contributed by atoms with Crippen LogP contribution in [-0.2, 0) is 11.2 Å². The number of amides is 3. The molecule has 156 valence electrons. The average Bonchev–Trinajstić information content (AvgIpc) is 3.21. The molecule has 0 radical (unpaired) electrons. The normalized spacial score (nSPS) is 10.6. The van der Waals surface area contributed by atoms with Crippen LogP contribution in [0.15, 0.2) is 53.7 Å². The van der Waals surface area contributed by atoms with E-state index in [2.05, 4.69) is 33.1 Å². The van der Waals surface area contributed by atoms with Crippen LogP contribution in [0.1, 0.15) is 25.3 Å². The Hall–Kier alpha value is -3.27. The first-order valence-electron chi connectivity index (χ1n) is 9.42. The summed E-state index contributed by atoms with van der Waals surface area (Å²) in [6, 6.07) is 12.8. The third kappa shape index (κ3) is 5.86. The number of anilines is 1. The summed E-state index contributed by atoms with van der Waals surface area (Å²) in [6.45, 7) is 2.15. The Labute approximate surface area is 177 Å². The highest BCUT2D eigenvalue weighted by Crippen LogP contribution is 2.19. The molecule has 3 rings (SSSR count). The molecular weight excluding hydrogens is 407 g/mol. The van der Waals surface area contributed by atoms with Crippen LogP contribution in [0, 0.1) is 5.82 Å². The number of urea groups is 1. The number of carbonyl (C=O) groups is 2. The Morgan fingerprint density at radius 2 is 1.90 bits per heavy atom. The molecule has 10 heteroatoms. The lowest BCUT2D eigenvalue weighted by Crippen LogP contribution is -2.35. The number of thioether (sulfide) groups is 1. The number of halogens is 1. The summed E-state index contributed by atoms with van der Waals surface area (Å²) in [4.78, 5) is 23.9. The SMILES string of the molecule is CCCCc1ccc(-n2nnnc2SCC(=O)NC(=O)Nc2ccccc2F)cc1. The van der Waals surface area contributed by atoms with Crippen LogP contribution in [-0.4, -0.2) is 37.9 Å². The minimum Gasteiger partial charge on any atom is -0.305 e. The van der Waals surface area contributed by atoms with E-state index in [9.17, 15) is 14.0 Å². The molecule has 0 aliphatic rings. The van der Waals surface area contributed by atoms with Gasteiger partial charge in [-0.25, -0.2) is 9.18 Å². The quantitative estimate of drug-likeness (QED) is 0.532. The summed E-state index contributed by atoms with van der Waals surface area (Å²) in [6.07, 6.45) is 3.28. The van der Waals surface area contributed by atoms with Crippen LogP contribution >= 0.6 is 11.8 Å². The first kappa shape index (κ1) is 21.4. The summed E-state index contributed by atoms with van der Waals surface area (Å²) < 4.78 is 15.1. The maximum atomic E-state index is 13.6. The molecule has 3 aromatic rings. The predicted molar refractivity (Wildman–Crippen MR) is 112 cm³/mol. The number of hydrogen-bond donors (Lipinski definition) is 2. The van der Waals surface area contributed by atoms with Crippen LogP contribution in [0.5, 0.6) is 0 Å². The predicted octanol–water partition coefficient (Wildman–Crippen LogP) is 3.58. The van der Waals surface area contributed by atoms with E-state index in [0.717, 1.165) is 36.7 Å². The fourth-order valence-electron chi connectivity index (χ4n) is 2.62. The Kier molecular flexibility index (Phi) is 7.50. The lowest BCUT2D eigenvalue weighted by atomic mass is 10.1. The molecule has 0 saturated carbocycles. The van der Waals surface area contributed by atoms with Crippen molar-refractivity contribution in [1.29, 1.82) is 0 Å². The van der Waals surface area contributed by atoms with Crippen molar-refractivity contribution >= 4 is 29.4 Å². The zero-order valence-corrected chi connectivity index (χ0v) is 17.2. The molecule has 1 aromatic heterocycles. The van der Waals surface area contributed by atoms with Gasteiger partial charge in [-0.1, -0.05) is 49.4 Å². The van der Waals surface area contributed by atoms with Gasteiger partial charge >= 0.3 is 6.03 Å². The molecule has 0 aliphatic carbocycles. The van der Waals surface area contributed by atoms with E-state index in [1.807, 2.05) is 24.3 Å². The molecular formula is C20H21FN6O2S. The van der Waals surface area contributed by atoms with Crippen molar-refractivity contribution in [2.75, 3.05) is 11.1 Å². The van der Waals surface area contributed by atoms with Crippen molar-refractivity contribution < 1.29 is 14.0 Å². The highest BCUT2D eigenvalue weighted by Gasteiger charge is 2.14. The molecule has 2 aromatic carbocycles. The highest BCUT2D eigenvalue weighted by atomic mass is 32.2. The smallest absolute Gasteiger partial charge is 0.305 e. The topological polar surface area (TPSA) is 102 Å². The number of nitrogens with zero attached hydrogens (tertiary/aromatic N) is 4. The third-order valence-electron chi connectivity index (χ3n) is 4.15. The van der Waals surface area contributed by atoms with Gasteiger partial charge in [-0.2, -0.15) is 4.68 Å². The summed E-state index contributed by atoms with van der Waals surface area (Å²) in [5.74, 6) is -1.23. The number of benzene rings is 2. The Morgan fingerprint density at radius 3 is 2.63 bits per heavy atom. The molecule has 3 amide bonds. The zero-order chi connectivity index (χ0) is 21.3. The number of hydrogen-bond acceptors (Lipinski definition) is 6. The number of carbonyl (C=O) groups excluding carboxylic acids is 2. The lowest BCUT2D eigenvalue weighted by molar-refractivity contribution is -0.117. The second-order valence-corrected chi connectivity index (χ2v) is 7.36. The summed E-state index contributed by atoms with van der Waals surface area (Å²) >= 11 is 1.09. The molecule has 0 spiro atoms. The number of aryl methyl sites for hydroxylation is 1. The first-order valence-corrected chi connectivity index (χ1v) is 10.4. The van der Waals surface area contributed by atoms with E-state index in [0.29, 0.717) is 5.16 Å². The number of aromatic nitrogens is 4. The van der Waals surface area contributed by atoms with Crippen LogP contribution in [0.4, 0.5) is 14.9 Å². The molecule has 0 bridgehead atoms. The van der Waals surface area contributed by atoms with Gasteiger partial charge in [0.2, 0.25) is 11.1 Å². The van der Waals surface area contributed by atoms with Crippen molar-refractivity contribution in [3.05, 3.63) is 59.9 Å². The fourth-order valence-corrected chi connectivity index (χ4v) is 3.32. The van der Waals surface area contributed by atoms with E-state index in [-0.39, 0.29) is 11.4 Å². The van der Waals surface area contributed by atoms with Gasteiger partial charge < -0.3 is 5.32 Å². The van der Waals surface area contributed by atoms with Crippen molar-refractivity contribution in [3.63, 3.8) is 0 Å². The lowest BCUT2D eigenvalue weighted by Gasteiger charge is -2.08. The molecule has 30 heavy (non-hydrogen) atoms. The molecule has 1 heterocycles. The van der Waals surface area contributed by atoms with E-state index < -0.39 is 17.8 Å². The Bertz CT molecular complexity index is 1010. The van der Waals surface area contributed by atoms with Gasteiger partial charge in [0.1, 0.15) is 5.82 Å². The number of para-hydroxylation sites is 1. The molecule has 0 aliphatic heterocycles. The maximum absolute atomic E-state index is 13.6. The standard InChI is InChI=1S/C20H21FN6O2S/c1-2-3-6-14-9-11-15(12-10-14)27-20(24-25-26-27)30-13-18(28)23-19(29)22-17-8-5-4-7-16(17)21/h4-5,7-12H,2-3,6,13H2,1H3,(H2,22,23,28,29). The van der Waals surface area contributed by atoms with Crippen LogP contribution < -0.4 is 10.6 Å². The molecule has 8 nitrogen and oxygen atoms in total. The highest BCUT2D eigenvalue weighted by molar-refractivity contribution is 7.99. The van der Waals surface area contributed by atoms with Crippen molar-refractivity contribution in [3.8, 4) is 5.69 Å². The molecule has 0 fully saturated rings. The van der Waals surface area contributed by atoms with Crippen LogP contribution in [0.3, 0.4) is 0 Å². The second kappa shape index (κ2) is 10.5. The molecule has 0 unspecified atom stereocenters. The van der Waals surface area contributed by atoms with Gasteiger partial charge in [0.25, 0.3) is 0 Å². The number of nitrogens with one attached hydrogen (secondary N) is 2. The first-order chi connectivity index (χ1) is 14.6. The number of rotatable bonds is 8. The largest absolute Gasteiger partial charge is 0.325 e. The monoisotopic (exact) mass is 428 g/mol. The van der Waals surface area contributed by atoms with Gasteiger partial charge in [0.15, 0.2) is 0 Å². The van der Waals surface area contributed by atoms with E-state index >= 15 is 0 Å².